The third-order valence-electron chi connectivity index (χ3n) is 2.76. The van der Waals surface area contributed by atoms with E-state index in [1.807, 2.05) is 0 Å². The second-order valence-electron chi connectivity index (χ2n) is 4.29. The molecule has 21 heavy (non-hydrogen) atoms. The summed E-state index contributed by atoms with van der Waals surface area (Å²) >= 11 is 5.98. The van der Waals surface area contributed by atoms with Crippen LogP contribution < -0.4 is 10.1 Å². The van der Waals surface area contributed by atoms with Crippen molar-refractivity contribution in [2.24, 2.45) is 0 Å². The highest BCUT2D eigenvalue weighted by Gasteiger charge is 2.09. The number of ether oxygens (including phenoxy) is 1. The van der Waals surface area contributed by atoms with Crippen molar-refractivity contribution in [3.63, 3.8) is 0 Å². The van der Waals surface area contributed by atoms with Gasteiger partial charge in [0.05, 0.1) is 10.7 Å². The Hall–Kier alpha value is -2.33. The number of para-hydroxylation sites is 1. The lowest BCUT2D eigenvalue weighted by molar-refractivity contribution is -0.134. The number of carbonyl (C=O) groups is 2. The first kappa shape index (κ1) is 15.1. The van der Waals surface area contributed by atoms with Crippen molar-refractivity contribution in [2.75, 3.05) is 5.32 Å². The fraction of sp³-hybridized carbons (Fsp3) is 0.125. The van der Waals surface area contributed by atoms with E-state index in [0.717, 1.165) is 0 Å². The number of hydrogen-bond donors (Lipinski definition) is 1. The highest BCUT2D eigenvalue weighted by Crippen LogP contribution is 2.21. The molecule has 1 amide bonds. The summed E-state index contributed by atoms with van der Waals surface area (Å²) in [6, 6.07) is 13.3. The first-order valence-electron chi connectivity index (χ1n) is 6.46. The van der Waals surface area contributed by atoms with Gasteiger partial charge in [-0.15, -0.1) is 0 Å². The molecule has 0 saturated heterocycles. The van der Waals surface area contributed by atoms with Crippen molar-refractivity contribution in [1.82, 2.24) is 0 Å². The number of carbonyl (C=O) groups excluding carboxylic acids is 2. The van der Waals surface area contributed by atoms with Gasteiger partial charge in [-0.3, -0.25) is 9.59 Å². The normalized spacial score (nSPS) is 10.0. The van der Waals surface area contributed by atoms with Crippen LogP contribution in [0.2, 0.25) is 5.02 Å². The van der Waals surface area contributed by atoms with Gasteiger partial charge in [-0.25, -0.2) is 0 Å². The standard InChI is InChI=1S/C16H14ClNO3/c1-2-15(19)21-12-9-7-11(8-10-12)16(20)18-14-6-4-3-5-13(14)17/h3-10H,2H2,1H3,(H,18,20). The largest absolute Gasteiger partial charge is 0.427 e. The molecule has 0 aliphatic carbocycles. The molecular formula is C16H14ClNO3. The fourth-order valence-electron chi connectivity index (χ4n) is 1.64. The van der Waals surface area contributed by atoms with Crippen molar-refractivity contribution in [1.29, 1.82) is 0 Å². The van der Waals surface area contributed by atoms with E-state index in [9.17, 15) is 9.59 Å². The molecule has 5 heteroatoms. The topological polar surface area (TPSA) is 55.4 Å². The third kappa shape index (κ3) is 4.07. The average Bonchev–Trinajstić information content (AvgIpc) is 2.50. The van der Waals surface area contributed by atoms with Crippen molar-refractivity contribution < 1.29 is 14.3 Å². The van der Waals surface area contributed by atoms with Crippen LogP contribution in [0.1, 0.15) is 23.7 Å². The van der Waals surface area contributed by atoms with E-state index in [-0.39, 0.29) is 11.9 Å². The van der Waals surface area contributed by atoms with E-state index in [1.165, 1.54) is 0 Å². The summed E-state index contributed by atoms with van der Waals surface area (Å²) in [7, 11) is 0. The molecule has 1 N–H and O–H groups in total. The van der Waals surface area contributed by atoms with Crippen LogP contribution in [0, 0.1) is 0 Å². The van der Waals surface area contributed by atoms with Gasteiger partial charge in [-0.2, -0.15) is 0 Å². The highest BCUT2D eigenvalue weighted by molar-refractivity contribution is 6.33. The number of halogens is 1. The Morgan fingerprint density at radius 2 is 1.76 bits per heavy atom. The SMILES string of the molecule is CCC(=O)Oc1ccc(C(=O)Nc2ccccc2Cl)cc1. The molecule has 0 bridgehead atoms. The monoisotopic (exact) mass is 303 g/mol. The average molecular weight is 304 g/mol. The van der Waals surface area contributed by atoms with Crippen LogP contribution in [-0.4, -0.2) is 11.9 Å². The molecule has 2 aromatic carbocycles. The Morgan fingerprint density at radius 1 is 1.10 bits per heavy atom. The van der Waals surface area contributed by atoms with E-state index >= 15 is 0 Å². The molecule has 0 spiro atoms. The minimum Gasteiger partial charge on any atom is -0.427 e. The molecule has 2 rings (SSSR count). The second kappa shape index (κ2) is 6.90. The molecule has 0 aromatic heterocycles. The number of benzene rings is 2. The van der Waals surface area contributed by atoms with Crippen LogP contribution in [-0.2, 0) is 4.79 Å². The molecular weight excluding hydrogens is 290 g/mol. The molecule has 0 atom stereocenters. The summed E-state index contributed by atoms with van der Waals surface area (Å²) in [6.45, 7) is 1.72. The Kier molecular flexibility index (Phi) is 4.95. The number of nitrogens with one attached hydrogen (secondary N) is 1. The van der Waals surface area contributed by atoms with Gasteiger partial charge in [0.1, 0.15) is 5.75 Å². The summed E-state index contributed by atoms with van der Waals surface area (Å²) in [5, 5.41) is 3.19. The Morgan fingerprint density at radius 3 is 2.38 bits per heavy atom. The Labute approximate surface area is 127 Å². The first-order valence-corrected chi connectivity index (χ1v) is 6.84. The molecule has 0 aliphatic heterocycles. The first-order chi connectivity index (χ1) is 10.1. The van der Waals surface area contributed by atoms with Crippen molar-refractivity contribution in [3.8, 4) is 5.75 Å². The van der Waals surface area contributed by atoms with E-state index in [1.54, 1.807) is 55.5 Å². The Bertz CT molecular complexity index is 653. The number of anilines is 1. The zero-order valence-corrected chi connectivity index (χ0v) is 12.2. The molecule has 0 unspecified atom stereocenters. The molecule has 0 fully saturated rings. The molecule has 0 heterocycles. The van der Waals surface area contributed by atoms with Crippen LogP contribution in [0.3, 0.4) is 0 Å². The molecule has 2 aromatic rings. The summed E-state index contributed by atoms with van der Waals surface area (Å²) < 4.78 is 5.04. The van der Waals surface area contributed by atoms with Gasteiger partial charge in [0, 0.05) is 12.0 Å². The summed E-state index contributed by atoms with van der Waals surface area (Å²) in [6.07, 6.45) is 0.300. The summed E-state index contributed by atoms with van der Waals surface area (Å²) in [5.41, 5.74) is 0.997. The van der Waals surface area contributed by atoms with Crippen LogP contribution in [0.5, 0.6) is 5.75 Å². The van der Waals surface area contributed by atoms with Gasteiger partial charge in [-0.1, -0.05) is 30.7 Å². The molecule has 0 radical (unpaired) electrons. The van der Waals surface area contributed by atoms with E-state index < -0.39 is 0 Å². The van der Waals surface area contributed by atoms with E-state index in [2.05, 4.69) is 5.32 Å². The molecule has 4 nitrogen and oxygen atoms in total. The van der Waals surface area contributed by atoms with Gasteiger partial charge in [0.15, 0.2) is 0 Å². The lowest BCUT2D eigenvalue weighted by Crippen LogP contribution is -2.12. The number of esters is 1. The van der Waals surface area contributed by atoms with Crippen LogP contribution in [0.25, 0.3) is 0 Å². The van der Waals surface area contributed by atoms with E-state index in [4.69, 9.17) is 16.3 Å². The van der Waals surface area contributed by atoms with E-state index in [0.29, 0.717) is 28.4 Å². The lowest BCUT2D eigenvalue weighted by atomic mass is 10.2. The van der Waals surface area contributed by atoms with Gasteiger partial charge in [-0.05, 0) is 36.4 Å². The van der Waals surface area contributed by atoms with Gasteiger partial charge < -0.3 is 10.1 Å². The maximum Gasteiger partial charge on any atom is 0.310 e. The predicted molar refractivity (Wildman–Crippen MR) is 81.8 cm³/mol. The van der Waals surface area contributed by atoms with Crippen LogP contribution in [0.15, 0.2) is 48.5 Å². The van der Waals surface area contributed by atoms with Gasteiger partial charge in [0.2, 0.25) is 0 Å². The summed E-state index contributed by atoms with van der Waals surface area (Å²) in [4.78, 5) is 23.2. The molecule has 108 valence electrons. The lowest BCUT2D eigenvalue weighted by Gasteiger charge is -2.07. The zero-order valence-electron chi connectivity index (χ0n) is 11.4. The molecule has 0 aliphatic rings. The van der Waals surface area contributed by atoms with Crippen LogP contribution in [0.4, 0.5) is 5.69 Å². The van der Waals surface area contributed by atoms with Crippen molar-refractivity contribution >= 4 is 29.2 Å². The number of hydrogen-bond acceptors (Lipinski definition) is 3. The van der Waals surface area contributed by atoms with Crippen molar-refractivity contribution in [2.45, 2.75) is 13.3 Å². The number of rotatable bonds is 4. The third-order valence-corrected chi connectivity index (χ3v) is 3.09. The highest BCUT2D eigenvalue weighted by atomic mass is 35.5. The second-order valence-corrected chi connectivity index (χ2v) is 4.69. The smallest absolute Gasteiger partial charge is 0.310 e. The van der Waals surface area contributed by atoms with Gasteiger partial charge in [0.25, 0.3) is 5.91 Å². The predicted octanol–water partition coefficient (Wildman–Crippen LogP) is 3.91. The van der Waals surface area contributed by atoms with Gasteiger partial charge >= 0.3 is 5.97 Å². The Balaban J connectivity index is 2.06. The zero-order chi connectivity index (χ0) is 15.2. The van der Waals surface area contributed by atoms with Crippen LogP contribution >= 0.6 is 11.6 Å². The quantitative estimate of drug-likeness (QED) is 0.688. The fourth-order valence-corrected chi connectivity index (χ4v) is 1.82. The summed E-state index contributed by atoms with van der Waals surface area (Å²) in [5.74, 6) is -0.184. The number of amides is 1. The maximum absolute atomic E-state index is 12.1. The molecule has 0 saturated carbocycles. The minimum atomic E-state index is -0.316. The minimum absolute atomic E-state index is 0.281. The maximum atomic E-state index is 12.1. The van der Waals surface area contributed by atoms with Crippen molar-refractivity contribution in [3.05, 3.63) is 59.1 Å².